The van der Waals surface area contributed by atoms with Crippen molar-refractivity contribution in [3.05, 3.63) is 24.3 Å². The summed E-state index contributed by atoms with van der Waals surface area (Å²) in [6.07, 6.45) is 2.22. The fourth-order valence-corrected chi connectivity index (χ4v) is 3.45. The van der Waals surface area contributed by atoms with Crippen LogP contribution in [-0.2, 0) is 4.79 Å². The van der Waals surface area contributed by atoms with Gasteiger partial charge in [-0.2, -0.15) is 0 Å². The maximum Gasteiger partial charge on any atom is 0.232 e. The molecule has 1 aliphatic heterocycles. The second-order valence-electron chi connectivity index (χ2n) is 5.35. The average Bonchev–Trinajstić information content (AvgIpc) is 2.54. The van der Waals surface area contributed by atoms with E-state index in [2.05, 4.69) is 5.32 Å². The number of thioether (sulfide) groups is 1. The number of likely N-dealkylation sites (tertiary alicyclic amines) is 1. The van der Waals surface area contributed by atoms with Gasteiger partial charge >= 0.3 is 0 Å². The monoisotopic (exact) mass is 308 g/mol. The third-order valence-corrected chi connectivity index (χ3v) is 4.84. The summed E-state index contributed by atoms with van der Waals surface area (Å²) < 4.78 is 5.20. The standard InChI is InChI=1S/C16H24N2O2S/c1-17-11-13-6-8-18(9-7-13)16(19)12-21-15-5-3-4-14(10-15)20-2/h3-5,10,13,17H,6-9,11-12H2,1-2H3. The topological polar surface area (TPSA) is 41.6 Å². The van der Waals surface area contributed by atoms with Gasteiger partial charge in [0.25, 0.3) is 0 Å². The Morgan fingerprint density at radius 3 is 2.86 bits per heavy atom. The first-order valence-corrected chi connectivity index (χ1v) is 8.40. The van der Waals surface area contributed by atoms with Gasteiger partial charge in [0.05, 0.1) is 12.9 Å². The van der Waals surface area contributed by atoms with E-state index in [1.165, 1.54) is 0 Å². The highest BCUT2D eigenvalue weighted by Gasteiger charge is 2.22. The minimum Gasteiger partial charge on any atom is -0.497 e. The van der Waals surface area contributed by atoms with Crippen LogP contribution in [0, 0.1) is 5.92 Å². The lowest BCUT2D eigenvalue weighted by Gasteiger charge is -2.31. The van der Waals surface area contributed by atoms with E-state index in [0.717, 1.165) is 43.1 Å². The Bertz CT molecular complexity index is 459. The molecule has 1 aromatic rings. The highest BCUT2D eigenvalue weighted by molar-refractivity contribution is 8.00. The van der Waals surface area contributed by atoms with E-state index in [9.17, 15) is 4.79 Å². The summed E-state index contributed by atoms with van der Waals surface area (Å²) in [7, 11) is 3.65. The van der Waals surface area contributed by atoms with Crippen molar-refractivity contribution >= 4 is 17.7 Å². The van der Waals surface area contributed by atoms with E-state index in [0.29, 0.717) is 11.7 Å². The molecule has 0 spiro atoms. The minimum absolute atomic E-state index is 0.241. The normalized spacial score (nSPS) is 16.0. The number of methoxy groups -OCH3 is 1. The Hall–Kier alpha value is -1.20. The molecule has 0 atom stereocenters. The maximum absolute atomic E-state index is 12.2. The van der Waals surface area contributed by atoms with E-state index in [-0.39, 0.29) is 5.91 Å². The molecule has 0 radical (unpaired) electrons. The van der Waals surface area contributed by atoms with Gasteiger partial charge in [0.15, 0.2) is 0 Å². The van der Waals surface area contributed by atoms with Crippen LogP contribution in [0.5, 0.6) is 5.75 Å². The molecule has 0 unspecified atom stereocenters. The number of amides is 1. The van der Waals surface area contributed by atoms with Crippen LogP contribution in [0.25, 0.3) is 0 Å². The zero-order valence-electron chi connectivity index (χ0n) is 12.8. The van der Waals surface area contributed by atoms with Crippen molar-refractivity contribution in [2.45, 2.75) is 17.7 Å². The van der Waals surface area contributed by atoms with Gasteiger partial charge in [-0.25, -0.2) is 0 Å². The average molecular weight is 308 g/mol. The molecule has 5 heteroatoms. The Morgan fingerprint density at radius 1 is 1.43 bits per heavy atom. The minimum atomic E-state index is 0.241. The van der Waals surface area contributed by atoms with Crippen LogP contribution in [0.2, 0.25) is 0 Å². The molecule has 0 aromatic heterocycles. The number of carbonyl (C=O) groups is 1. The van der Waals surface area contributed by atoms with Crippen molar-refractivity contribution in [2.75, 3.05) is 39.5 Å². The molecule has 1 amide bonds. The van der Waals surface area contributed by atoms with Crippen LogP contribution in [0.15, 0.2) is 29.2 Å². The molecule has 2 rings (SSSR count). The Labute approximate surface area is 131 Å². The summed E-state index contributed by atoms with van der Waals surface area (Å²) in [5.74, 6) is 2.29. The van der Waals surface area contributed by atoms with Crippen LogP contribution < -0.4 is 10.1 Å². The lowest BCUT2D eigenvalue weighted by Crippen LogP contribution is -2.41. The number of carbonyl (C=O) groups excluding carboxylic acids is 1. The maximum atomic E-state index is 12.2. The van der Waals surface area contributed by atoms with Gasteiger partial charge in [-0.05, 0) is 50.6 Å². The highest BCUT2D eigenvalue weighted by atomic mass is 32.2. The Morgan fingerprint density at radius 2 is 2.19 bits per heavy atom. The molecule has 1 saturated heterocycles. The molecule has 4 nitrogen and oxygen atoms in total. The summed E-state index contributed by atoms with van der Waals surface area (Å²) in [6.45, 7) is 2.84. The molecule has 0 bridgehead atoms. The first kappa shape index (κ1) is 16.2. The highest BCUT2D eigenvalue weighted by Crippen LogP contribution is 2.24. The van der Waals surface area contributed by atoms with Crippen molar-refractivity contribution in [1.29, 1.82) is 0 Å². The van der Waals surface area contributed by atoms with Crippen molar-refractivity contribution in [1.82, 2.24) is 10.2 Å². The molecule has 1 heterocycles. The van der Waals surface area contributed by atoms with Crippen molar-refractivity contribution in [2.24, 2.45) is 5.92 Å². The second kappa shape index (κ2) is 8.29. The van der Waals surface area contributed by atoms with Gasteiger partial charge in [0.2, 0.25) is 5.91 Å². The van der Waals surface area contributed by atoms with Gasteiger partial charge in [0, 0.05) is 18.0 Å². The lowest BCUT2D eigenvalue weighted by molar-refractivity contribution is -0.129. The van der Waals surface area contributed by atoms with E-state index in [1.54, 1.807) is 18.9 Å². The number of nitrogens with one attached hydrogen (secondary N) is 1. The van der Waals surface area contributed by atoms with Crippen LogP contribution in [0.4, 0.5) is 0 Å². The Balaban J connectivity index is 1.77. The molecule has 0 saturated carbocycles. The molecule has 1 aliphatic rings. The third-order valence-electron chi connectivity index (χ3n) is 3.86. The van der Waals surface area contributed by atoms with Crippen molar-refractivity contribution in [3.8, 4) is 5.75 Å². The fraction of sp³-hybridized carbons (Fsp3) is 0.562. The van der Waals surface area contributed by atoms with Crippen molar-refractivity contribution in [3.63, 3.8) is 0 Å². The number of hydrogen-bond donors (Lipinski definition) is 1. The van der Waals surface area contributed by atoms with E-state index in [1.807, 2.05) is 36.2 Å². The number of ether oxygens (including phenoxy) is 1. The zero-order valence-corrected chi connectivity index (χ0v) is 13.6. The van der Waals surface area contributed by atoms with Crippen LogP contribution in [0.3, 0.4) is 0 Å². The quantitative estimate of drug-likeness (QED) is 0.819. The van der Waals surface area contributed by atoms with Gasteiger partial charge in [0.1, 0.15) is 5.75 Å². The number of benzene rings is 1. The summed E-state index contributed by atoms with van der Waals surface area (Å²) in [5.41, 5.74) is 0. The number of hydrogen-bond acceptors (Lipinski definition) is 4. The SMILES string of the molecule is CNCC1CCN(C(=O)CSc2cccc(OC)c2)CC1. The molecule has 0 aliphatic carbocycles. The zero-order chi connectivity index (χ0) is 15.1. The van der Waals surface area contributed by atoms with Crippen LogP contribution in [0.1, 0.15) is 12.8 Å². The van der Waals surface area contributed by atoms with E-state index in [4.69, 9.17) is 4.74 Å². The summed E-state index contributed by atoms with van der Waals surface area (Å²) in [5, 5.41) is 3.22. The summed E-state index contributed by atoms with van der Waals surface area (Å²) in [4.78, 5) is 15.3. The predicted molar refractivity (Wildman–Crippen MR) is 86.9 cm³/mol. The molecule has 116 valence electrons. The number of piperidine rings is 1. The largest absolute Gasteiger partial charge is 0.497 e. The van der Waals surface area contributed by atoms with Crippen molar-refractivity contribution < 1.29 is 9.53 Å². The molecular formula is C16H24N2O2S. The fourth-order valence-electron chi connectivity index (χ4n) is 2.60. The summed E-state index contributed by atoms with van der Waals surface area (Å²) in [6, 6.07) is 7.85. The molecule has 1 N–H and O–H groups in total. The third kappa shape index (κ3) is 4.93. The van der Waals surface area contributed by atoms with E-state index >= 15 is 0 Å². The van der Waals surface area contributed by atoms with Crippen LogP contribution >= 0.6 is 11.8 Å². The number of nitrogens with zero attached hydrogens (tertiary/aromatic N) is 1. The molecule has 21 heavy (non-hydrogen) atoms. The first-order valence-electron chi connectivity index (χ1n) is 7.42. The smallest absolute Gasteiger partial charge is 0.232 e. The number of rotatable bonds is 6. The van der Waals surface area contributed by atoms with E-state index < -0.39 is 0 Å². The lowest BCUT2D eigenvalue weighted by atomic mass is 9.97. The van der Waals surface area contributed by atoms with Gasteiger partial charge in [-0.3, -0.25) is 4.79 Å². The van der Waals surface area contributed by atoms with Gasteiger partial charge < -0.3 is 15.0 Å². The van der Waals surface area contributed by atoms with Gasteiger partial charge in [-0.15, -0.1) is 11.8 Å². The second-order valence-corrected chi connectivity index (χ2v) is 6.40. The molecule has 1 fully saturated rings. The van der Waals surface area contributed by atoms with Gasteiger partial charge in [-0.1, -0.05) is 6.07 Å². The predicted octanol–water partition coefficient (Wildman–Crippen LogP) is 2.25. The summed E-state index contributed by atoms with van der Waals surface area (Å²) >= 11 is 1.58. The molecule has 1 aromatic carbocycles. The molecular weight excluding hydrogens is 284 g/mol. The van der Waals surface area contributed by atoms with Crippen LogP contribution in [-0.4, -0.2) is 50.4 Å². The first-order chi connectivity index (χ1) is 10.2. The Kier molecular flexibility index (Phi) is 6.39.